The second-order valence-electron chi connectivity index (χ2n) is 12.2. The van der Waals surface area contributed by atoms with E-state index in [2.05, 4.69) is 0 Å². The zero-order valence-corrected chi connectivity index (χ0v) is 27.8. The predicted octanol–water partition coefficient (Wildman–Crippen LogP) is 9.26. The molecule has 0 spiro atoms. The van der Waals surface area contributed by atoms with Crippen molar-refractivity contribution in [2.75, 3.05) is 0 Å². The second-order valence-corrected chi connectivity index (χ2v) is 16.0. The van der Waals surface area contributed by atoms with Crippen molar-refractivity contribution in [1.29, 1.82) is 0 Å². The van der Waals surface area contributed by atoms with Gasteiger partial charge in [-0.25, -0.2) is 0 Å². The molecule has 10 rings (SSSR count). The molecule has 51 heavy (non-hydrogen) atoms. The predicted molar refractivity (Wildman–Crippen MR) is 219 cm³/mol. The van der Waals surface area contributed by atoms with Gasteiger partial charge in [-0.05, 0) is 63.1 Å². The number of benzene rings is 8. The molecule has 0 radical (unpaired) electrons. The molecule has 0 fully saturated rings. The van der Waals surface area contributed by atoms with E-state index in [0.717, 1.165) is 15.6 Å². The van der Waals surface area contributed by atoms with Crippen LogP contribution in [0.4, 0.5) is 0 Å². The third-order valence-electron chi connectivity index (χ3n) is 9.54. The number of nitrogens with zero attached hydrogens (tertiary/aromatic N) is 2. The summed E-state index contributed by atoms with van der Waals surface area (Å²) in [5.74, 6) is 0. The zero-order valence-electron chi connectivity index (χ0n) is 42.8. The molecule has 240 valence electrons. The average molecular weight is 683 g/mol. The molecular weight excluding hydrogens is 633 g/mol. The third-order valence-corrected chi connectivity index (χ3v) is 14.3. The molecule has 0 unspecified atom stereocenters. The molecular formula is C48H34N2Si. The summed E-state index contributed by atoms with van der Waals surface area (Å²) in [6.07, 6.45) is 0. The lowest BCUT2D eigenvalue weighted by atomic mass is 10.2. The standard InChI is InChI=1S/C48H34N2Si/c1-4-18-37(19-5-1)51(38-20-6-2-7-21-38,39-22-8-3-9-23-39)40-33-35(49-45-28-14-10-24-41(45)42-25-11-15-29-46(42)49)32-36(34-40)50-47-30-16-12-26-43(47)44-27-13-17-31-48(44)50/h1-34H/i10D,11D,12D,13D,14D,15D,16D,17D,24D,25D,26D,27D,28D,29D,30D,31D. The minimum atomic E-state index is -3.67. The minimum Gasteiger partial charge on any atom is -0.309 e. The summed E-state index contributed by atoms with van der Waals surface area (Å²) in [7, 11) is -3.67. The Morgan fingerprint density at radius 1 is 0.333 bits per heavy atom. The molecule has 0 aliphatic heterocycles. The van der Waals surface area contributed by atoms with Gasteiger partial charge in [-0.1, -0.05) is 164 Å². The summed E-state index contributed by atoms with van der Waals surface area (Å²) in [5.41, 5.74) is -0.387. The van der Waals surface area contributed by atoms with Crippen molar-refractivity contribution in [2.24, 2.45) is 0 Å². The Kier molecular flexibility index (Phi) is 4.07. The van der Waals surface area contributed by atoms with Crippen LogP contribution in [-0.2, 0) is 0 Å². The maximum absolute atomic E-state index is 9.38. The van der Waals surface area contributed by atoms with Crippen molar-refractivity contribution in [1.82, 2.24) is 9.13 Å². The van der Waals surface area contributed by atoms with Crippen LogP contribution in [0.2, 0.25) is 0 Å². The Hall–Kier alpha value is -6.42. The van der Waals surface area contributed by atoms with Crippen LogP contribution in [0, 0.1) is 0 Å². The normalized spacial score (nSPS) is 16.3. The number of aromatic nitrogens is 2. The first-order valence-electron chi connectivity index (χ1n) is 24.3. The van der Waals surface area contributed by atoms with Crippen molar-refractivity contribution < 1.29 is 21.9 Å². The van der Waals surface area contributed by atoms with Gasteiger partial charge < -0.3 is 9.13 Å². The monoisotopic (exact) mass is 682 g/mol. The molecule has 0 atom stereocenters. The first kappa shape index (κ1) is 17.5. The third kappa shape index (κ3) is 4.49. The van der Waals surface area contributed by atoms with Crippen LogP contribution in [0.15, 0.2) is 206 Å². The quantitative estimate of drug-likeness (QED) is 0.122. The molecule has 2 aromatic heterocycles. The summed E-state index contributed by atoms with van der Waals surface area (Å²) in [6.45, 7) is 0. The Balaban J connectivity index is 1.53. The number of hydrogen-bond donors (Lipinski definition) is 0. The van der Waals surface area contributed by atoms with Gasteiger partial charge in [-0.3, -0.25) is 0 Å². The van der Waals surface area contributed by atoms with Crippen LogP contribution in [0.5, 0.6) is 0 Å². The Morgan fingerprint density at radius 3 is 0.941 bits per heavy atom. The number of fused-ring (bicyclic) bond motifs is 6. The van der Waals surface area contributed by atoms with Gasteiger partial charge in [0.2, 0.25) is 0 Å². The second kappa shape index (κ2) is 11.9. The highest BCUT2D eigenvalue weighted by atomic mass is 28.3. The summed E-state index contributed by atoms with van der Waals surface area (Å²) >= 11 is 0. The minimum absolute atomic E-state index is 0.124. The van der Waals surface area contributed by atoms with E-state index in [1.165, 1.54) is 9.13 Å². The largest absolute Gasteiger partial charge is 0.309 e. The van der Waals surface area contributed by atoms with E-state index in [1.54, 1.807) is 6.07 Å². The molecule has 3 heteroatoms. The Bertz CT molecular complexity index is 3330. The van der Waals surface area contributed by atoms with Crippen molar-refractivity contribution >= 4 is 72.4 Å². The molecule has 0 saturated heterocycles. The van der Waals surface area contributed by atoms with E-state index in [0.29, 0.717) is 5.19 Å². The van der Waals surface area contributed by atoms with Crippen LogP contribution in [-0.4, -0.2) is 17.2 Å². The fourth-order valence-electron chi connectivity index (χ4n) is 7.49. The lowest BCUT2D eigenvalue weighted by Gasteiger charge is -2.35. The molecule has 2 heterocycles. The van der Waals surface area contributed by atoms with Crippen molar-refractivity contribution in [2.45, 2.75) is 0 Å². The highest BCUT2D eigenvalue weighted by Crippen LogP contribution is 2.35. The highest BCUT2D eigenvalue weighted by Gasteiger charge is 2.42. The van der Waals surface area contributed by atoms with Crippen LogP contribution in [0.1, 0.15) is 21.9 Å². The van der Waals surface area contributed by atoms with E-state index in [-0.39, 0.29) is 55.0 Å². The fraction of sp³-hybridized carbons (Fsp3) is 0. The van der Waals surface area contributed by atoms with Gasteiger partial charge in [0, 0.05) is 32.9 Å². The van der Waals surface area contributed by atoms with Gasteiger partial charge in [-0.2, -0.15) is 0 Å². The molecule has 2 nitrogen and oxygen atoms in total. The van der Waals surface area contributed by atoms with Crippen LogP contribution < -0.4 is 20.7 Å². The number of hydrogen-bond acceptors (Lipinski definition) is 0. The molecule has 0 aliphatic carbocycles. The lowest BCUT2D eigenvalue weighted by molar-refractivity contribution is 1.14. The first-order chi connectivity index (χ1) is 32.0. The van der Waals surface area contributed by atoms with Crippen LogP contribution >= 0.6 is 0 Å². The number of para-hydroxylation sites is 4. The van der Waals surface area contributed by atoms with Crippen LogP contribution in [0.25, 0.3) is 55.0 Å². The molecule has 0 aliphatic rings. The maximum Gasteiger partial charge on any atom is 0.179 e. The van der Waals surface area contributed by atoms with E-state index < -0.39 is 105 Å². The fourth-order valence-corrected chi connectivity index (χ4v) is 12.3. The van der Waals surface area contributed by atoms with E-state index in [4.69, 9.17) is 16.4 Å². The molecule has 0 N–H and O–H groups in total. The van der Waals surface area contributed by atoms with Crippen molar-refractivity contribution in [3.8, 4) is 11.4 Å². The van der Waals surface area contributed by atoms with Crippen molar-refractivity contribution in [3.05, 3.63) is 206 Å². The highest BCUT2D eigenvalue weighted by molar-refractivity contribution is 7.20. The molecule has 8 aromatic carbocycles. The maximum atomic E-state index is 9.38. The zero-order chi connectivity index (χ0) is 47.7. The van der Waals surface area contributed by atoms with Gasteiger partial charge in [0.15, 0.2) is 8.07 Å². The van der Waals surface area contributed by atoms with Gasteiger partial charge >= 0.3 is 0 Å². The first-order valence-corrected chi connectivity index (χ1v) is 18.3. The van der Waals surface area contributed by atoms with Gasteiger partial charge in [0.25, 0.3) is 0 Å². The van der Waals surface area contributed by atoms with Crippen LogP contribution in [0.3, 0.4) is 0 Å². The summed E-state index contributed by atoms with van der Waals surface area (Å²) in [6, 6.07) is 25.1. The van der Waals surface area contributed by atoms with E-state index >= 15 is 0 Å². The van der Waals surface area contributed by atoms with E-state index in [1.807, 2.05) is 103 Å². The smallest absolute Gasteiger partial charge is 0.179 e. The van der Waals surface area contributed by atoms with Gasteiger partial charge in [0.1, 0.15) is 0 Å². The SMILES string of the molecule is [2H]c1c([2H])c([2H])c2c(c1[2H])c1c([2H])c([2H])c([2H])c([2H])c1n2-c1cc(-n2c3c([2H])c([2H])c([2H])c([2H])c3c3c([2H])c([2H])c([2H])c([2H])c32)cc([Si](c2ccccc2)(c2ccccc2)c2ccccc2)c1. The molecule has 0 saturated carbocycles. The molecule has 0 bridgehead atoms. The molecule has 10 aromatic rings. The van der Waals surface area contributed by atoms with Gasteiger partial charge in [0.05, 0.1) is 44.0 Å². The average Bonchev–Trinajstić information content (AvgIpc) is 3.91. The van der Waals surface area contributed by atoms with E-state index in [9.17, 15) is 5.48 Å². The topological polar surface area (TPSA) is 9.86 Å². The van der Waals surface area contributed by atoms with Gasteiger partial charge in [-0.15, -0.1) is 0 Å². The Labute approximate surface area is 320 Å². The lowest BCUT2D eigenvalue weighted by Crippen LogP contribution is -2.74. The summed E-state index contributed by atoms with van der Waals surface area (Å²) < 4.78 is 147. The number of rotatable bonds is 6. The summed E-state index contributed by atoms with van der Waals surface area (Å²) in [5, 5.41) is 2.62. The summed E-state index contributed by atoms with van der Waals surface area (Å²) in [4.78, 5) is 0. The Morgan fingerprint density at radius 2 is 0.627 bits per heavy atom. The molecule has 0 amide bonds. The van der Waals surface area contributed by atoms with Crippen molar-refractivity contribution in [3.63, 3.8) is 0 Å².